The summed E-state index contributed by atoms with van der Waals surface area (Å²) in [5.41, 5.74) is 6.40. The first-order valence-electron chi connectivity index (χ1n) is 5.71. The summed E-state index contributed by atoms with van der Waals surface area (Å²) in [5.74, 6) is 0. The standard InChI is InChI=1S/C13H17N/c1-9-5-6-10-3-2-4-11(10)13(9)12-7-8-14-12/h5-6,12,14H,2-4,7-8H2,1H3. The molecule has 1 heteroatoms. The molecule has 3 rings (SSSR count). The van der Waals surface area contributed by atoms with Crippen LogP contribution >= 0.6 is 0 Å². The van der Waals surface area contributed by atoms with Crippen LogP contribution in [0.4, 0.5) is 0 Å². The SMILES string of the molecule is Cc1ccc2c(c1C1CCN1)CCC2. The first kappa shape index (κ1) is 8.49. The molecule has 0 aromatic heterocycles. The summed E-state index contributed by atoms with van der Waals surface area (Å²) >= 11 is 0. The highest BCUT2D eigenvalue weighted by atomic mass is 15.0. The Morgan fingerprint density at radius 1 is 1.29 bits per heavy atom. The summed E-state index contributed by atoms with van der Waals surface area (Å²) in [5, 5.41) is 3.53. The number of fused-ring (bicyclic) bond motifs is 1. The van der Waals surface area contributed by atoms with Gasteiger partial charge in [0.15, 0.2) is 0 Å². The molecule has 1 aromatic rings. The summed E-state index contributed by atoms with van der Waals surface area (Å²) in [6.07, 6.45) is 5.30. The van der Waals surface area contributed by atoms with Gasteiger partial charge in [-0.05, 0) is 61.4 Å². The highest BCUT2D eigenvalue weighted by molar-refractivity contribution is 5.45. The summed E-state index contributed by atoms with van der Waals surface area (Å²) in [6.45, 7) is 3.46. The number of rotatable bonds is 1. The lowest BCUT2D eigenvalue weighted by Gasteiger charge is -2.31. The second kappa shape index (κ2) is 3.09. The van der Waals surface area contributed by atoms with Crippen molar-refractivity contribution in [1.29, 1.82) is 0 Å². The van der Waals surface area contributed by atoms with Gasteiger partial charge in [0.1, 0.15) is 0 Å². The Kier molecular flexibility index (Phi) is 1.88. The molecule has 0 amide bonds. The zero-order chi connectivity index (χ0) is 9.54. The molecule has 1 nitrogen and oxygen atoms in total. The Morgan fingerprint density at radius 2 is 2.14 bits per heavy atom. The van der Waals surface area contributed by atoms with E-state index in [2.05, 4.69) is 24.4 Å². The zero-order valence-electron chi connectivity index (χ0n) is 8.77. The van der Waals surface area contributed by atoms with Crippen LogP contribution in [0.15, 0.2) is 12.1 Å². The Labute approximate surface area is 85.5 Å². The fraction of sp³-hybridized carbons (Fsp3) is 0.538. The van der Waals surface area contributed by atoms with Crippen molar-refractivity contribution in [3.8, 4) is 0 Å². The lowest BCUT2D eigenvalue weighted by atomic mass is 9.88. The Bertz CT molecular complexity index is 364. The molecule has 1 atom stereocenters. The van der Waals surface area contributed by atoms with E-state index in [1.165, 1.54) is 37.8 Å². The predicted molar refractivity (Wildman–Crippen MR) is 58.6 cm³/mol. The van der Waals surface area contributed by atoms with Gasteiger partial charge in [-0.15, -0.1) is 0 Å². The van der Waals surface area contributed by atoms with E-state index >= 15 is 0 Å². The number of hydrogen-bond donors (Lipinski definition) is 1. The number of benzene rings is 1. The molecular formula is C13H17N. The van der Waals surface area contributed by atoms with Crippen LogP contribution < -0.4 is 5.32 Å². The highest BCUT2D eigenvalue weighted by Gasteiger charge is 2.25. The average molecular weight is 187 g/mol. The molecule has 2 aliphatic rings. The van der Waals surface area contributed by atoms with Crippen LogP contribution in [0.25, 0.3) is 0 Å². The van der Waals surface area contributed by atoms with E-state index in [1.54, 1.807) is 16.7 Å². The number of aryl methyl sites for hydroxylation is 2. The van der Waals surface area contributed by atoms with Crippen molar-refractivity contribution in [3.05, 3.63) is 34.4 Å². The third-order valence-electron chi connectivity index (χ3n) is 3.72. The van der Waals surface area contributed by atoms with Gasteiger partial charge >= 0.3 is 0 Å². The molecule has 1 saturated heterocycles. The second-order valence-electron chi connectivity index (χ2n) is 4.58. The van der Waals surface area contributed by atoms with Gasteiger partial charge in [-0.2, -0.15) is 0 Å². The number of nitrogens with one attached hydrogen (secondary N) is 1. The summed E-state index contributed by atoms with van der Waals surface area (Å²) in [4.78, 5) is 0. The van der Waals surface area contributed by atoms with Gasteiger partial charge in [0, 0.05) is 6.04 Å². The van der Waals surface area contributed by atoms with Crippen molar-refractivity contribution >= 4 is 0 Å². The van der Waals surface area contributed by atoms with Gasteiger partial charge in [-0.3, -0.25) is 0 Å². The van der Waals surface area contributed by atoms with E-state index in [4.69, 9.17) is 0 Å². The van der Waals surface area contributed by atoms with Crippen molar-refractivity contribution in [2.45, 2.75) is 38.6 Å². The maximum Gasteiger partial charge on any atom is 0.0337 e. The molecule has 74 valence electrons. The van der Waals surface area contributed by atoms with Crippen molar-refractivity contribution in [3.63, 3.8) is 0 Å². The summed E-state index contributed by atoms with van der Waals surface area (Å²) < 4.78 is 0. The summed E-state index contributed by atoms with van der Waals surface area (Å²) in [6, 6.07) is 5.31. The van der Waals surface area contributed by atoms with Gasteiger partial charge in [-0.25, -0.2) is 0 Å². The lowest BCUT2D eigenvalue weighted by Crippen LogP contribution is -2.36. The Morgan fingerprint density at radius 3 is 2.86 bits per heavy atom. The molecule has 0 spiro atoms. The molecule has 0 radical (unpaired) electrons. The fourth-order valence-electron chi connectivity index (χ4n) is 2.83. The molecular weight excluding hydrogens is 170 g/mol. The van der Waals surface area contributed by atoms with E-state index in [-0.39, 0.29) is 0 Å². The van der Waals surface area contributed by atoms with E-state index < -0.39 is 0 Å². The minimum Gasteiger partial charge on any atom is -0.310 e. The maximum absolute atomic E-state index is 3.53. The Hall–Kier alpha value is -0.820. The van der Waals surface area contributed by atoms with Gasteiger partial charge < -0.3 is 5.32 Å². The second-order valence-corrected chi connectivity index (χ2v) is 4.58. The smallest absolute Gasteiger partial charge is 0.0337 e. The van der Waals surface area contributed by atoms with Crippen LogP contribution in [0.5, 0.6) is 0 Å². The van der Waals surface area contributed by atoms with Crippen molar-refractivity contribution < 1.29 is 0 Å². The number of hydrogen-bond acceptors (Lipinski definition) is 1. The first-order chi connectivity index (χ1) is 6.86. The average Bonchev–Trinajstić information content (AvgIpc) is 2.54. The van der Waals surface area contributed by atoms with Gasteiger partial charge in [-0.1, -0.05) is 12.1 Å². The van der Waals surface area contributed by atoms with E-state index in [0.717, 1.165) is 0 Å². The molecule has 0 bridgehead atoms. The lowest BCUT2D eigenvalue weighted by molar-refractivity contribution is 0.380. The predicted octanol–water partition coefficient (Wildman–Crippen LogP) is 2.52. The van der Waals surface area contributed by atoms with Crippen molar-refractivity contribution in [2.24, 2.45) is 0 Å². The van der Waals surface area contributed by atoms with E-state index in [1.807, 2.05) is 0 Å². The minimum absolute atomic E-state index is 0.669. The monoisotopic (exact) mass is 187 g/mol. The Balaban J connectivity index is 2.11. The third-order valence-corrected chi connectivity index (χ3v) is 3.72. The zero-order valence-corrected chi connectivity index (χ0v) is 8.77. The summed E-state index contributed by atoms with van der Waals surface area (Å²) in [7, 11) is 0. The van der Waals surface area contributed by atoms with Crippen LogP contribution in [-0.4, -0.2) is 6.54 Å². The van der Waals surface area contributed by atoms with Crippen LogP contribution in [0, 0.1) is 6.92 Å². The molecule has 14 heavy (non-hydrogen) atoms. The molecule has 1 aromatic carbocycles. The largest absolute Gasteiger partial charge is 0.310 e. The van der Waals surface area contributed by atoms with Gasteiger partial charge in [0.25, 0.3) is 0 Å². The van der Waals surface area contributed by atoms with Crippen molar-refractivity contribution in [1.82, 2.24) is 5.32 Å². The quantitative estimate of drug-likeness (QED) is 0.712. The van der Waals surface area contributed by atoms with Crippen LogP contribution in [0.1, 0.15) is 41.1 Å². The van der Waals surface area contributed by atoms with Gasteiger partial charge in [0.2, 0.25) is 0 Å². The van der Waals surface area contributed by atoms with Crippen LogP contribution in [0.3, 0.4) is 0 Å². The third kappa shape index (κ3) is 1.12. The first-order valence-corrected chi connectivity index (χ1v) is 5.71. The normalized spacial score (nSPS) is 24.5. The van der Waals surface area contributed by atoms with Crippen LogP contribution in [-0.2, 0) is 12.8 Å². The van der Waals surface area contributed by atoms with E-state index in [9.17, 15) is 0 Å². The highest BCUT2D eigenvalue weighted by Crippen LogP contribution is 2.35. The van der Waals surface area contributed by atoms with Gasteiger partial charge in [0.05, 0.1) is 0 Å². The van der Waals surface area contributed by atoms with Crippen molar-refractivity contribution in [2.75, 3.05) is 6.54 Å². The molecule has 0 saturated carbocycles. The molecule has 1 aliphatic carbocycles. The topological polar surface area (TPSA) is 12.0 Å². The molecule has 1 fully saturated rings. The maximum atomic E-state index is 3.53. The fourth-order valence-corrected chi connectivity index (χ4v) is 2.83. The van der Waals surface area contributed by atoms with E-state index in [0.29, 0.717) is 6.04 Å². The van der Waals surface area contributed by atoms with Crippen LogP contribution in [0.2, 0.25) is 0 Å². The molecule has 1 unspecified atom stereocenters. The molecule has 1 aliphatic heterocycles. The molecule has 1 N–H and O–H groups in total. The molecule has 1 heterocycles. The minimum atomic E-state index is 0.669.